The standard InChI is InChI=1S/C37H51N5O4.CH4/c1-25-22-28(23-26(2)27(25)3)24-34(35(43)40-17-10-30(11-18-40)29-8-15-38-16-9-29)46-37(45)41-19-13-32(14-20-41)42-21-12-31-6-4-5-7-33(31)39-36(42)44;/h4-7,22-23,29-30,32,34,38H,8-21,24H2,1-3H3,(H,39,44);1H4/t34-;/m1./s1. The third kappa shape index (κ3) is 8.11. The van der Waals surface area contributed by atoms with Gasteiger partial charge in [-0.1, -0.05) is 37.8 Å². The molecule has 47 heavy (non-hydrogen) atoms. The number of hydrogen-bond acceptors (Lipinski definition) is 5. The van der Waals surface area contributed by atoms with Crippen LogP contribution in [0.4, 0.5) is 15.3 Å². The molecule has 0 saturated carbocycles. The van der Waals surface area contributed by atoms with E-state index in [1.807, 2.05) is 28.0 Å². The molecule has 2 aromatic carbocycles. The molecule has 256 valence electrons. The second kappa shape index (κ2) is 15.5. The van der Waals surface area contributed by atoms with E-state index in [9.17, 15) is 14.4 Å². The Kier molecular flexibility index (Phi) is 11.5. The minimum absolute atomic E-state index is 0. The second-order valence-electron chi connectivity index (χ2n) is 13.9. The third-order valence-electron chi connectivity index (χ3n) is 11.1. The number of rotatable bonds is 6. The van der Waals surface area contributed by atoms with Crippen LogP contribution in [0.1, 0.15) is 73.8 Å². The molecule has 9 nitrogen and oxygen atoms in total. The highest BCUT2D eigenvalue weighted by Crippen LogP contribution is 2.32. The largest absolute Gasteiger partial charge is 0.436 e. The first-order valence-corrected chi connectivity index (χ1v) is 17.4. The Bertz CT molecular complexity index is 1380. The second-order valence-corrected chi connectivity index (χ2v) is 13.9. The number of ether oxygens (including phenoxy) is 1. The third-order valence-corrected chi connectivity index (χ3v) is 11.1. The molecule has 0 aliphatic carbocycles. The molecule has 3 saturated heterocycles. The van der Waals surface area contributed by atoms with Gasteiger partial charge >= 0.3 is 12.1 Å². The first-order valence-electron chi connectivity index (χ1n) is 17.4. The normalized spacial score (nSPS) is 20.5. The lowest BCUT2D eigenvalue weighted by Gasteiger charge is -2.39. The molecule has 2 aromatic rings. The van der Waals surface area contributed by atoms with Crippen molar-refractivity contribution in [1.29, 1.82) is 0 Å². The molecule has 0 spiro atoms. The summed E-state index contributed by atoms with van der Waals surface area (Å²) in [6.45, 7) is 11.6. The maximum atomic E-state index is 14.0. The highest BCUT2D eigenvalue weighted by atomic mass is 16.6. The number of likely N-dealkylation sites (tertiary alicyclic amines) is 2. The van der Waals surface area contributed by atoms with Crippen LogP contribution in [-0.2, 0) is 22.4 Å². The first kappa shape index (κ1) is 34.7. The van der Waals surface area contributed by atoms with Crippen LogP contribution in [-0.4, -0.2) is 90.7 Å². The molecule has 1 atom stereocenters. The molecule has 0 unspecified atom stereocenters. The quantitative estimate of drug-likeness (QED) is 0.397. The number of carbonyl (C=O) groups excluding carboxylic acids is 3. The highest BCUT2D eigenvalue weighted by Gasteiger charge is 2.36. The molecule has 0 bridgehead atoms. The number of fused-ring (bicyclic) bond motifs is 1. The molecule has 4 heterocycles. The fourth-order valence-electron chi connectivity index (χ4n) is 8.04. The lowest BCUT2D eigenvalue weighted by atomic mass is 9.79. The predicted octanol–water partition coefficient (Wildman–Crippen LogP) is 6.09. The number of nitrogens with one attached hydrogen (secondary N) is 2. The summed E-state index contributed by atoms with van der Waals surface area (Å²) in [4.78, 5) is 46.3. The highest BCUT2D eigenvalue weighted by molar-refractivity contribution is 5.91. The first-order chi connectivity index (χ1) is 22.3. The number of anilines is 1. The summed E-state index contributed by atoms with van der Waals surface area (Å²) in [6.07, 6.45) is 5.70. The Labute approximate surface area is 281 Å². The summed E-state index contributed by atoms with van der Waals surface area (Å²) in [5, 5.41) is 6.53. The number of amides is 4. The van der Waals surface area contributed by atoms with Crippen molar-refractivity contribution >= 4 is 23.7 Å². The zero-order valence-electron chi connectivity index (χ0n) is 27.9. The number of nitrogens with zero attached hydrogens (tertiary/aromatic N) is 3. The van der Waals surface area contributed by atoms with E-state index in [0.717, 1.165) is 68.2 Å². The molecule has 4 aliphatic rings. The Morgan fingerprint density at radius 1 is 0.851 bits per heavy atom. The van der Waals surface area contributed by atoms with Gasteiger partial charge in [0.2, 0.25) is 0 Å². The van der Waals surface area contributed by atoms with E-state index in [4.69, 9.17) is 4.74 Å². The van der Waals surface area contributed by atoms with Gasteiger partial charge in [0.15, 0.2) is 6.10 Å². The fraction of sp³-hybridized carbons (Fsp3) is 0.605. The number of para-hydroxylation sites is 1. The Morgan fingerprint density at radius 3 is 2.15 bits per heavy atom. The molecule has 3 fully saturated rings. The molecule has 2 N–H and O–H groups in total. The van der Waals surface area contributed by atoms with Crippen molar-refractivity contribution in [2.75, 3.05) is 51.1 Å². The van der Waals surface area contributed by atoms with E-state index in [0.29, 0.717) is 44.8 Å². The molecular formula is C38H55N5O4. The van der Waals surface area contributed by atoms with E-state index in [-0.39, 0.29) is 25.4 Å². The SMILES string of the molecule is C.Cc1cc(C[C@@H](OC(=O)N2CCC(N3CCc4ccccc4NC3=O)CC2)C(=O)N2CCC(C3CCNCC3)CC2)cc(C)c1C. The number of urea groups is 1. The van der Waals surface area contributed by atoms with Crippen LogP contribution in [0, 0.1) is 32.6 Å². The monoisotopic (exact) mass is 645 g/mol. The zero-order valence-corrected chi connectivity index (χ0v) is 27.9. The van der Waals surface area contributed by atoms with Crippen molar-refractivity contribution in [3.63, 3.8) is 0 Å². The minimum Gasteiger partial charge on any atom is -0.436 e. The van der Waals surface area contributed by atoms with Crippen molar-refractivity contribution in [3.05, 3.63) is 64.2 Å². The molecule has 4 aliphatic heterocycles. The van der Waals surface area contributed by atoms with Crippen LogP contribution in [0.2, 0.25) is 0 Å². The van der Waals surface area contributed by atoms with Crippen molar-refractivity contribution in [2.45, 2.75) is 91.7 Å². The number of benzene rings is 2. The number of hydrogen-bond donors (Lipinski definition) is 2. The van der Waals surface area contributed by atoms with Crippen LogP contribution in [0.25, 0.3) is 0 Å². The van der Waals surface area contributed by atoms with Crippen LogP contribution in [0.3, 0.4) is 0 Å². The van der Waals surface area contributed by atoms with Gasteiger partial charge in [-0.15, -0.1) is 0 Å². The van der Waals surface area contributed by atoms with Gasteiger partial charge in [-0.2, -0.15) is 0 Å². The van der Waals surface area contributed by atoms with Crippen molar-refractivity contribution in [3.8, 4) is 0 Å². The van der Waals surface area contributed by atoms with Crippen LogP contribution in [0.5, 0.6) is 0 Å². The molecule has 4 amide bonds. The minimum atomic E-state index is -0.864. The Balaban J connectivity index is 0.00000433. The predicted molar refractivity (Wildman–Crippen MR) is 187 cm³/mol. The van der Waals surface area contributed by atoms with Gasteiger partial charge in [0.05, 0.1) is 0 Å². The topological polar surface area (TPSA) is 94.2 Å². The number of piperidine rings is 3. The van der Waals surface area contributed by atoms with E-state index < -0.39 is 12.2 Å². The van der Waals surface area contributed by atoms with Gasteiger partial charge in [-0.05, 0) is 125 Å². The zero-order chi connectivity index (χ0) is 32.2. The molecule has 0 aromatic heterocycles. The average molecular weight is 646 g/mol. The summed E-state index contributed by atoms with van der Waals surface area (Å²) in [7, 11) is 0. The van der Waals surface area contributed by atoms with Crippen LogP contribution in [0.15, 0.2) is 36.4 Å². The van der Waals surface area contributed by atoms with E-state index in [1.54, 1.807) is 4.90 Å². The summed E-state index contributed by atoms with van der Waals surface area (Å²) in [5.41, 5.74) is 6.64. The van der Waals surface area contributed by atoms with Gasteiger partial charge in [0.1, 0.15) is 0 Å². The maximum Gasteiger partial charge on any atom is 0.410 e. The summed E-state index contributed by atoms with van der Waals surface area (Å²) >= 11 is 0. The van der Waals surface area contributed by atoms with Crippen molar-refractivity contribution in [2.24, 2.45) is 11.8 Å². The van der Waals surface area contributed by atoms with E-state index in [1.165, 1.54) is 29.5 Å². The molecule has 6 rings (SSSR count). The van der Waals surface area contributed by atoms with Gasteiger partial charge in [0, 0.05) is 50.9 Å². The Morgan fingerprint density at radius 2 is 1.47 bits per heavy atom. The number of carbonyl (C=O) groups is 3. The van der Waals surface area contributed by atoms with Gasteiger partial charge in [-0.25, -0.2) is 9.59 Å². The van der Waals surface area contributed by atoms with E-state index >= 15 is 0 Å². The fourth-order valence-corrected chi connectivity index (χ4v) is 8.04. The van der Waals surface area contributed by atoms with Crippen molar-refractivity contribution < 1.29 is 19.1 Å². The van der Waals surface area contributed by atoms with Crippen LogP contribution >= 0.6 is 0 Å². The summed E-state index contributed by atoms with van der Waals surface area (Å²) in [5.74, 6) is 1.32. The molecule has 0 radical (unpaired) electrons. The van der Waals surface area contributed by atoms with Crippen molar-refractivity contribution in [1.82, 2.24) is 20.0 Å². The van der Waals surface area contributed by atoms with E-state index in [2.05, 4.69) is 49.6 Å². The van der Waals surface area contributed by atoms with Gasteiger partial charge in [-0.3, -0.25) is 4.79 Å². The average Bonchev–Trinajstić information content (AvgIpc) is 3.25. The maximum absolute atomic E-state index is 14.0. The Hall–Kier alpha value is -3.59. The summed E-state index contributed by atoms with van der Waals surface area (Å²) in [6, 6.07) is 12.2. The number of aryl methyl sites for hydroxylation is 2. The summed E-state index contributed by atoms with van der Waals surface area (Å²) < 4.78 is 6.12. The van der Waals surface area contributed by atoms with Gasteiger partial charge < -0.3 is 30.1 Å². The molecule has 9 heteroatoms. The molecular weight excluding hydrogens is 590 g/mol. The lowest BCUT2D eigenvalue weighted by molar-refractivity contribution is -0.142. The van der Waals surface area contributed by atoms with Gasteiger partial charge in [0.25, 0.3) is 5.91 Å². The van der Waals surface area contributed by atoms with Crippen LogP contribution < -0.4 is 10.6 Å². The lowest BCUT2D eigenvalue weighted by Crippen LogP contribution is -2.52. The smallest absolute Gasteiger partial charge is 0.410 e.